The molecule has 0 radical (unpaired) electrons. The second-order valence-electron chi connectivity index (χ2n) is 2.85. The fourth-order valence-corrected chi connectivity index (χ4v) is 0.638. The largest absolute Gasteiger partial charge is 0.465 e. The Bertz CT molecular complexity index is 223. The van der Waals surface area contributed by atoms with Gasteiger partial charge in [-0.25, -0.2) is 4.79 Å². The second kappa shape index (κ2) is 5.36. The number of nitrogens with zero attached hydrogens (tertiary/aromatic N) is 1. The summed E-state index contributed by atoms with van der Waals surface area (Å²) in [6.45, 7) is 4.03. The van der Waals surface area contributed by atoms with Crippen molar-refractivity contribution < 1.29 is 9.53 Å². The summed E-state index contributed by atoms with van der Waals surface area (Å²) in [5.74, 6) is -0.115. The van der Waals surface area contributed by atoms with Gasteiger partial charge in [0, 0.05) is 0 Å². The van der Waals surface area contributed by atoms with Gasteiger partial charge in [-0.3, -0.25) is 0 Å². The average Bonchev–Trinajstić information content (AvgIpc) is 2.04. The third kappa shape index (κ3) is 3.77. The number of hydrogen-bond donors (Lipinski definition) is 0. The zero-order valence-electron chi connectivity index (χ0n) is 7.63. The van der Waals surface area contributed by atoms with E-state index in [2.05, 4.69) is 4.74 Å². The van der Waals surface area contributed by atoms with Gasteiger partial charge in [0.05, 0.1) is 7.11 Å². The minimum Gasteiger partial charge on any atom is -0.465 e. The van der Waals surface area contributed by atoms with E-state index in [1.54, 1.807) is 12.1 Å². The zero-order valence-corrected chi connectivity index (χ0v) is 7.63. The van der Waals surface area contributed by atoms with Gasteiger partial charge >= 0.3 is 5.97 Å². The normalized spacial score (nSPS) is 11.1. The molecule has 3 heteroatoms. The Balaban J connectivity index is 4.26. The average molecular weight is 167 g/mol. The topological polar surface area (TPSA) is 50.1 Å². The third-order valence-corrected chi connectivity index (χ3v) is 1.32. The molecule has 0 heterocycles. The van der Waals surface area contributed by atoms with Crippen LogP contribution in [-0.4, -0.2) is 13.1 Å². The van der Waals surface area contributed by atoms with Crippen molar-refractivity contribution in [2.24, 2.45) is 5.92 Å². The predicted molar refractivity (Wildman–Crippen MR) is 45.2 cm³/mol. The van der Waals surface area contributed by atoms with Crippen molar-refractivity contribution in [1.82, 2.24) is 0 Å². The van der Waals surface area contributed by atoms with Gasteiger partial charge < -0.3 is 4.74 Å². The highest BCUT2D eigenvalue weighted by molar-refractivity contribution is 5.92. The number of rotatable bonds is 3. The maximum Gasteiger partial charge on any atom is 0.348 e. The van der Waals surface area contributed by atoms with E-state index in [0.717, 1.165) is 6.42 Å². The van der Waals surface area contributed by atoms with E-state index in [9.17, 15) is 4.79 Å². The molecule has 0 saturated heterocycles. The van der Waals surface area contributed by atoms with Gasteiger partial charge in [-0.15, -0.1) is 0 Å². The van der Waals surface area contributed by atoms with Crippen molar-refractivity contribution in [1.29, 1.82) is 5.26 Å². The number of allylic oxidation sites excluding steroid dienone is 1. The highest BCUT2D eigenvalue weighted by atomic mass is 16.5. The second-order valence-corrected chi connectivity index (χ2v) is 2.85. The molecule has 0 saturated carbocycles. The van der Waals surface area contributed by atoms with Gasteiger partial charge in [-0.2, -0.15) is 5.26 Å². The van der Waals surface area contributed by atoms with Crippen molar-refractivity contribution in [3.8, 4) is 6.07 Å². The van der Waals surface area contributed by atoms with Crippen LogP contribution in [0, 0.1) is 17.2 Å². The summed E-state index contributed by atoms with van der Waals surface area (Å²) < 4.78 is 4.41. The van der Waals surface area contributed by atoms with Crippen molar-refractivity contribution in [3.63, 3.8) is 0 Å². The number of esters is 1. The molecular formula is C9H13NO2. The van der Waals surface area contributed by atoms with Gasteiger partial charge in [0.15, 0.2) is 0 Å². The van der Waals surface area contributed by atoms with Crippen LogP contribution in [0.3, 0.4) is 0 Å². The maximum absolute atomic E-state index is 10.8. The van der Waals surface area contributed by atoms with Gasteiger partial charge in [0.25, 0.3) is 0 Å². The van der Waals surface area contributed by atoms with E-state index < -0.39 is 5.97 Å². The Labute approximate surface area is 72.6 Å². The summed E-state index contributed by atoms with van der Waals surface area (Å²) in [5, 5.41) is 8.52. The molecule has 0 N–H and O–H groups in total. The molecule has 0 aliphatic heterocycles. The minimum atomic E-state index is -0.557. The summed E-state index contributed by atoms with van der Waals surface area (Å²) in [4.78, 5) is 10.8. The lowest BCUT2D eigenvalue weighted by molar-refractivity contribution is -0.135. The van der Waals surface area contributed by atoms with Crippen molar-refractivity contribution in [2.45, 2.75) is 20.3 Å². The first-order valence-corrected chi connectivity index (χ1v) is 3.80. The molecule has 0 aliphatic rings. The molecule has 0 rings (SSSR count). The number of nitriles is 1. The van der Waals surface area contributed by atoms with Crippen LogP contribution in [0.5, 0.6) is 0 Å². The van der Waals surface area contributed by atoms with Crippen LogP contribution < -0.4 is 0 Å². The molecule has 0 atom stereocenters. The fraction of sp³-hybridized carbons (Fsp3) is 0.556. The highest BCUT2D eigenvalue weighted by Crippen LogP contribution is 2.04. The van der Waals surface area contributed by atoms with Crippen LogP contribution >= 0.6 is 0 Å². The minimum absolute atomic E-state index is 0.0891. The molecule has 0 fully saturated rings. The summed E-state index contributed by atoms with van der Waals surface area (Å²) >= 11 is 0. The Kier molecular flexibility index (Phi) is 4.78. The summed E-state index contributed by atoms with van der Waals surface area (Å²) in [6.07, 6.45) is 2.33. The van der Waals surface area contributed by atoms with E-state index in [-0.39, 0.29) is 5.57 Å². The van der Waals surface area contributed by atoms with Gasteiger partial charge in [-0.05, 0) is 12.3 Å². The van der Waals surface area contributed by atoms with Gasteiger partial charge in [-0.1, -0.05) is 19.9 Å². The molecule has 66 valence electrons. The van der Waals surface area contributed by atoms with Crippen molar-refractivity contribution in [2.75, 3.05) is 7.11 Å². The van der Waals surface area contributed by atoms with E-state index in [4.69, 9.17) is 5.26 Å². The molecule has 0 amide bonds. The number of methoxy groups -OCH3 is 1. The molecule has 0 aromatic carbocycles. The highest BCUT2D eigenvalue weighted by Gasteiger charge is 2.07. The van der Waals surface area contributed by atoms with E-state index in [1.165, 1.54) is 7.11 Å². The molecule has 0 aliphatic carbocycles. The lowest BCUT2D eigenvalue weighted by Crippen LogP contribution is -2.03. The zero-order chi connectivity index (χ0) is 9.56. The molecular weight excluding hydrogens is 154 g/mol. The maximum atomic E-state index is 10.8. The fourth-order valence-electron chi connectivity index (χ4n) is 0.638. The van der Waals surface area contributed by atoms with Crippen molar-refractivity contribution in [3.05, 3.63) is 11.6 Å². The Morgan fingerprint density at radius 2 is 2.25 bits per heavy atom. The number of carbonyl (C=O) groups excluding carboxylic acids is 1. The first-order chi connectivity index (χ1) is 5.61. The van der Waals surface area contributed by atoms with Crippen LogP contribution in [0.2, 0.25) is 0 Å². The van der Waals surface area contributed by atoms with Crippen LogP contribution in [0.4, 0.5) is 0 Å². The monoisotopic (exact) mass is 167 g/mol. The van der Waals surface area contributed by atoms with Crippen LogP contribution in [0.1, 0.15) is 20.3 Å². The standard InChI is InChI=1S/C9H13NO2/c1-7(2)4-5-8(6-10)9(11)12-3/h5,7H,4H2,1-3H3. The number of carbonyl (C=O) groups is 1. The van der Waals surface area contributed by atoms with Crippen LogP contribution in [0.25, 0.3) is 0 Å². The first-order valence-electron chi connectivity index (χ1n) is 3.80. The lowest BCUT2D eigenvalue weighted by Gasteiger charge is -1.98. The molecule has 0 aromatic heterocycles. The smallest absolute Gasteiger partial charge is 0.348 e. The Hall–Kier alpha value is -1.30. The summed E-state index contributed by atoms with van der Waals surface area (Å²) in [5.41, 5.74) is 0.0891. The number of hydrogen-bond acceptors (Lipinski definition) is 3. The van der Waals surface area contributed by atoms with Crippen LogP contribution in [-0.2, 0) is 9.53 Å². The Morgan fingerprint density at radius 1 is 1.67 bits per heavy atom. The molecule has 12 heavy (non-hydrogen) atoms. The Morgan fingerprint density at radius 3 is 2.58 bits per heavy atom. The van der Waals surface area contributed by atoms with Crippen LogP contribution in [0.15, 0.2) is 11.6 Å². The molecule has 0 spiro atoms. The summed E-state index contributed by atoms with van der Waals surface area (Å²) in [6, 6.07) is 1.79. The van der Waals surface area contributed by atoms with E-state index >= 15 is 0 Å². The SMILES string of the molecule is COC(=O)C(C#N)=CCC(C)C. The van der Waals surface area contributed by atoms with E-state index in [0.29, 0.717) is 5.92 Å². The van der Waals surface area contributed by atoms with Gasteiger partial charge in [0.2, 0.25) is 0 Å². The third-order valence-electron chi connectivity index (χ3n) is 1.32. The quantitative estimate of drug-likeness (QED) is 0.365. The lowest BCUT2D eigenvalue weighted by atomic mass is 10.1. The molecule has 0 unspecified atom stereocenters. The predicted octanol–water partition coefficient (Wildman–Crippen LogP) is 1.66. The molecule has 0 aromatic rings. The van der Waals surface area contributed by atoms with Crippen molar-refractivity contribution >= 4 is 5.97 Å². The summed E-state index contributed by atoms with van der Waals surface area (Å²) in [7, 11) is 1.27. The molecule has 3 nitrogen and oxygen atoms in total. The van der Waals surface area contributed by atoms with E-state index in [1.807, 2.05) is 13.8 Å². The number of ether oxygens (including phenoxy) is 1. The molecule has 0 bridgehead atoms. The first kappa shape index (κ1) is 10.7. The van der Waals surface area contributed by atoms with Gasteiger partial charge in [0.1, 0.15) is 11.6 Å².